The molecule has 142 valence electrons. The van der Waals surface area contributed by atoms with Gasteiger partial charge in [0.15, 0.2) is 6.61 Å². The van der Waals surface area contributed by atoms with Gasteiger partial charge in [-0.25, -0.2) is 4.39 Å². The average molecular weight is 399 g/mol. The van der Waals surface area contributed by atoms with E-state index in [0.29, 0.717) is 16.4 Å². The first-order valence-electron chi connectivity index (χ1n) is 8.35. The minimum absolute atomic E-state index is 0.267. The van der Waals surface area contributed by atoms with Gasteiger partial charge in [0.2, 0.25) is 0 Å². The van der Waals surface area contributed by atoms with Crippen molar-refractivity contribution in [3.8, 4) is 5.75 Å². The Kier molecular flexibility index (Phi) is 6.24. The number of hydrogen-bond acceptors (Lipinski definition) is 3. The first-order valence-corrected chi connectivity index (χ1v) is 8.73. The molecule has 0 atom stereocenters. The molecule has 3 rings (SSSR count). The minimum Gasteiger partial charge on any atom is -0.483 e. The third kappa shape index (κ3) is 5.31. The van der Waals surface area contributed by atoms with E-state index in [1.165, 1.54) is 24.3 Å². The van der Waals surface area contributed by atoms with Gasteiger partial charge in [-0.2, -0.15) is 0 Å². The highest BCUT2D eigenvalue weighted by molar-refractivity contribution is 6.30. The standard InChI is InChI=1S/C21H16ClFN2O3/c22-14-5-9-17(10-6-14)25-21(27)18-3-1-2-4-19(18)28-13-20(26)24-16-11-7-15(23)8-12-16/h1-12H,13H2,(H,24,26)(H,25,27). The van der Waals surface area contributed by atoms with E-state index in [4.69, 9.17) is 16.3 Å². The molecule has 0 saturated heterocycles. The van der Waals surface area contributed by atoms with Crippen LogP contribution in [-0.2, 0) is 4.79 Å². The third-order valence-corrected chi connectivity index (χ3v) is 3.97. The van der Waals surface area contributed by atoms with E-state index in [9.17, 15) is 14.0 Å². The number of carbonyl (C=O) groups excluding carboxylic acids is 2. The zero-order valence-electron chi connectivity index (χ0n) is 14.6. The van der Waals surface area contributed by atoms with Crippen LogP contribution in [0.25, 0.3) is 0 Å². The average Bonchev–Trinajstić information content (AvgIpc) is 2.70. The molecule has 0 aliphatic carbocycles. The van der Waals surface area contributed by atoms with Crippen molar-refractivity contribution in [1.82, 2.24) is 0 Å². The summed E-state index contributed by atoms with van der Waals surface area (Å²) < 4.78 is 18.4. The van der Waals surface area contributed by atoms with E-state index in [0.717, 1.165) is 0 Å². The van der Waals surface area contributed by atoms with Crippen LogP contribution < -0.4 is 15.4 Å². The molecule has 0 fully saturated rings. The van der Waals surface area contributed by atoms with Crippen molar-refractivity contribution in [1.29, 1.82) is 0 Å². The monoisotopic (exact) mass is 398 g/mol. The van der Waals surface area contributed by atoms with Gasteiger partial charge in [-0.15, -0.1) is 0 Å². The van der Waals surface area contributed by atoms with Crippen LogP contribution >= 0.6 is 11.6 Å². The van der Waals surface area contributed by atoms with Crippen LogP contribution in [0.1, 0.15) is 10.4 Å². The normalized spacial score (nSPS) is 10.2. The molecule has 7 heteroatoms. The fourth-order valence-corrected chi connectivity index (χ4v) is 2.51. The lowest BCUT2D eigenvalue weighted by Gasteiger charge is -2.12. The van der Waals surface area contributed by atoms with Gasteiger partial charge < -0.3 is 15.4 Å². The summed E-state index contributed by atoms with van der Waals surface area (Å²) in [5.74, 6) is -0.936. The van der Waals surface area contributed by atoms with Gasteiger partial charge >= 0.3 is 0 Å². The van der Waals surface area contributed by atoms with E-state index in [1.807, 2.05) is 0 Å². The van der Waals surface area contributed by atoms with Gasteiger partial charge in [0.1, 0.15) is 11.6 Å². The molecule has 0 spiro atoms. The van der Waals surface area contributed by atoms with Gasteiger partial charge in [-0.3, -0.25) is 9.59 Å². The second-order valence-corrected chi connectivity index (χ2v) is 6.24. The van der Waals surface area contributed by atoms with Crippen LogP contribution in [0.2, 0.25) is 5.02 Å². The van der Waals surface area contributed by atoms with Crippen molar-refractivity contribution in [2.75, 3.05) is 17.2 Å². The summed E-state index contributed by atoms with van der Waals surface area (Å²) in [5.41, 5.74) is 1.31. The van der Waals surface area contributed by atoms with Crippen LogP contribution in [0, 0.1) is 5.82 Å². The maximum absolute atomic E-state index is 12.9. The second-order valence-electron chi connectivity index (χ2n) is 5.80. The molecule has 0 radical (unpaired) electrons. The highest BCUT2D eigenvalue weighted by Gasteiger charge is 2.14. The van der Waals surface area contributed by atoms with Gasteiger partial charge in [0.05, 0.1) is 5.56 Å². The molecular formula is C21H16ClFN2O3. The molecule has 3 aromatic rings. The minimum atomic E-state index is -0.431. The predicted octanol–water partition coefficient (Wildman–Crippen LogP) is 4.75. The number of rotatable bonds is 6. The van der Waals surface area contributed by atoms with Gasteiger partial charge in [-0.1, -0.05) is 23.7 Å². The fraction of sp³-hybridized carbons (Fsp3) is 0.0476. The highest BCUT2D eigenvalue weighted by atomic mass is 35.5. The summed E-state index contributed by atoms with van der Waals surface area (Å²) in [6, 6.07) is 18.7. The fourth-order valence-electron chi connectivity index (χ4n) is 2.39. The quantitative estimate of drug-likeness (QED) is 0.629. The Morgan fingerprint density at radius 2 is 1.46 bits per heavy atom. The molecule has 0 bridgehead atoms. The van der Waals surface area contributed by atoms with Crippen molar-refractivity contribution in [3.63, 3.8) is 0 Å². The van der Waals surface area contributed by atoms with Crippen molar-refractivity contribution >= 4 is 34.8 Å². The van der Waals surface area contributed by atoms with E-state index >= 15 is 0 Å². The van der Waals surface area contributed by atoms with Gasteiger partial charge in [0, 0.05) is 16.4 Å². The first kappa shape index (κ1) is 19.4. The Morgan fingerprint density at radius 1 is 0.857 bits per heavy atom. The van der Waals surface area contributed by atoms with Crippen LogP contribution in [0.15, 0.2) is 72.8 Å². The van der Waals surface area contributed by atoms with Crippen molar-refractivity contribution in [2.24, 2.45) is 0 Å². The topological polar surface area (TPSA) is 67.4 Å². The lowest BCUT2D eigenvalue weighted by atomic mass is 10.2. The smallest absolute Gasteiger partial charge is 0.262 e. The summed E-state index contributed by atoms with van der Waals surface area (Å²) in [6.07, 6.45) is 0. The number of anilines is 2. The highest BCUT2D eigenvalue weighted by Crippen LogP contribution is 2.21. The molecule has 0 heterocycles. The molecule has 0 saturated carbocycles. The predicted molar refractivity (Wildman–Crippen MR) is 106 cm³/mol. The molecule has 28 heavy (non-hydrogen) atoms. The maximum atomic E-state index is 12.9. The number of amides is 2. The second kappa shape index (κ2) is 9.01. The Labute approximate surface area is 166 Å². The summed E-state index contributed by atoms with van der Waals surface area (Å²) in [5, 5.41) is 5.90. The molecule has 0 aliphatic heterocycles. The van der Waals surface area contributed by atoms with E-state index < -0.39 is 11.7 Å². The van der Waals surface area contributed by atoms with Crippen molar-refractivity contribution in [2.45, 2.75) is 0 Å². The van der Waals surface area contributed by atoms with Crippen LogP contribution in [0.5, 0.6) is 5.75 Å². The number of para-hydroxylation sites is 1. The summed E-state index contributed by atoms with van der Waals surface area (Å²) in [7, 11) is 0. The number of carbonyl (C=O) groups is 2. The van der Waals surface area contributed by atoms with Gasteiger partial charge in [0.25, 0.3) is 11.8 Å². The SMILES string of the molecule is O=C(COc1ccccc1C(=O)Nc1ccc(Cl)cc1)Nc1ccc(F)cc1. The molecule has 5 nitrogen and oxygen atoms in total. The lowest BCUT2D eigenvalue weighted by molar-refractivity contribution is -0.118. The molecular weight excluding hydrogens is 383 g/mol. The Hall–Kier alpha value is -3.38. The Morgan fingerprint density at radius 3 is 2.18 bits per heavy atom. The van der Waals surface area contributed by atoms with Crippen LogP contribution in [0.3, 0.4) is 0 Å². The Balaban J connectivity index is 1.63. The molecule has 2 N–H and O–H groups in total. The zero-order chi connectivity index (χ0) is 19.9. The lowest BCUT2D eigenvalue weighted by Crippen LogP contribution is -2.21. The number of ether oxygens (including phenoxy) is 1. The third-order valence-electron chi connectivity index (χ3n) is 3.72. The summed E-state index contributed by atoms with van der Waals surface area (Å²) in [4.78, 5) is 24.6. The molecule has 3 aromatic carbocycles. The van der Waals surface area contributed by atoms with Crippen LogP contribution in [0.4, 0.5) is 15.8 Å². The molecule has 0 aliphatic rings. The number of benzene rings is 3. The van der Waals surface area contributed by atoms with E-state index in [1.54, 1.807) is 48.5 Å². The van der Waals surface area contributed by atoms with Crippen molar-refractivity contribution < 1.29 is 18.7 Å². The Bertz CT molecular complexity index is 976. The zero-order valence-corrected chi connectivity index (χ0v) is 15.4. The van der Waals surface area contributed by atoms with Crippen molar-refractivity contribution in [3.05, 3.63) is 89.2 Å². The summed E-state index contributed by atoms with van der Waals surface area (Å²) >= 11 is 5.84. The number of nitrogens with one attached hydrogen (secondary N) is 2. The molecule has 0 aromatic heterocycles. The number of halogens is 2. The van der Waals surface area contributed by atoms with Gasteiger partial charge in [-0.05, 0) is 60.7 Å². The molecule has 2 amide bonds. The number of hydrogen-bond donors (Lipinski definition) is 2. The van der Waals surface area contributed by atoms with E-state index in [2.05, 4.69) is 10.6 Å². The van der Waals surface area contributed by atoms with E-state index in [-0.39, 0.29) is 23.8 Å². The first-order chi connectivity index (χ1) is 13.5. The largest absolute Gasteiger partial charge is 0.483 e. The van der Waals surface area contributed by atoms with Crippen LogP contribution in [-0.4, -0.2) is 18.4 Å². The maximum Gasteiger partial charge on any atom is 0.262 e. The summed E-state index contributed by atoms with van der Waals surface area (Å²) in [6.45, 7) is -0.303. The molecule has 0 unspecified atom stereocenters.